The van der Waals surface area contributed by atoms with E-state index in [1.807, 2.05) is 30.3 Å². The fourth-order valence-electron chi connectivity index (χ4n) is 3.37. The van der Waals surface area contributed by atoms with Gasteiger partial charge < -0.3 is 15.4 Å². The molecule has 7 heteroatoms. The van der Waals surface area contributed by atoms with E-state index >= 15 is 0 Å². The van der Waals surface area contributed by atoms with Crippen LogP contribution in [0.4, 0.5) is 17.1 Å². The zero-order chi connectivity index (χ0) is 22.5. The van der Waals surface area contributed by atoms with Crippen molar-refractivity contribution in [2.75, 3.05) is 29.2 Å². The highest BCUT2D eigenvalue weighted by Gasteiger charge is 2.27. The summed E-state index contributed by atoms with van der Waals surface area (Å²) in [6.07, 6.45) is 3.12. The number of carbonyl (C=O) groups excluding carboxylic acids is 3. The van der Waals surface area contributed by atoms with E-state index in [1.165, 1.54) is 11.0 Å². The summed E-state index contributed by atoms with van der Waals surface area (Å²) in [6, 6.07) is 21.1. The topological polar surface area (TPSA) is 87.7 Å². The molecular formula is C25H21N3O4. The average Bonchev–Trinajstić information content (AvgIpc) is 2.82. The number of benzene rings is 3. The van der Waals surface area contributed by atoms with Crippen LogP contribution in [0.1, 0.15) is 15.9 Å². The first kappa shape index (κ1) is 20.9. The minimum absolute atomic E-state index is 0.0522. The summed E-state index contributed by atoms with van der Waals surface area (Å²) in [7, 11) is 1.59. The average molecular weight is 427 g/mol. The molecule has 32 heavy (non-hydrogen) atoms. The number of methoxy groups -OCH3 is 1. The van der Waals surface area contributed by atoms with Gasteiger partial charge >= 0.3 is 0 Å². The molecule has 0 aromatic heterocycles. The molecule has 0 unspecified atom stereocenters. The largest absolute Gasteiger partial charge is 0.497 e. The lowest BCUT2D eigenvalue weighted by Gasteiger charge is -2.29. The molecule has 7 nitrogen and oxygen atoms in total. The lowest BCUT2D eigenvalue weighted by molar-refractivity contribution is -0.115. The fourth-order valence-corrected chi connectivity index (χ4v) is 3.37. The van der Waals surface area contributed by atoms with Crippen LogP contribution in [-0.2, 0) is 9.59 Å². The van der Waals surface area contributed by atoms with Crippen molar-refractivity contribution in [2.24, 2.45) is 0 Å². The second kappa shape index (κ2) is 9.18. The molecule has 0 radical (unpaired) electrons. The molecule has 1 aliphatic rings. The highest BCUT2D eigenvalue weighted by Crippen LogP contribution is 2.30. The number of carbonyl (C=O) groups is 3. The van der Waals surface area contributed by atoms with Crippen LogP contribution in [0.15, 0.2) is 78.9 Å². The molecule has 0 bridgehead atoms. The molecule has 3 aromatic rings. The van der Waals surface area contributed by atoms with Crippen molar-refractivity contribution >= 4 is 40.9 Å². The van der Waals surface area contributed by atoms with Crippen LogP contribution in [0.25, 0.3) is 6.08 Å². The monoisotopic (exact) mass is 427 g/mol. The SMILES string of the molecule is COc1cccc(/C=C/C(=O)Nc2ccc(C(=O)N3CC(=O)Nc4ccccc43)cc2)c1. The van der Waals surface area contributed by atoms with Gasteiger partial charge in [0.25, 0.3) is 5.91 Å². The highest BCUT2D eigenvalue weighted by atomic mass is 16.5. The Labute approximate surface area is 185 Å². The normalized spacial score (nSPS) is 12.8. The third kappa shape index (κ3) is 4.67. The van der Waals surface area contributed by atoms with Crippen molar-refractivity contribution in [1.82, 2.24) is 0 Å². The number of rotatable bonds is 5. The maximum Gasteiger partial charge on any atom is 0.258 e. The molecule has 1 aliphatic heterocycles. The molecule has 1 heterocycles. The summed E-state index contributed by atoms with van der Waals surface area (Å²) in [6.45, 7) is -0.0522. The number of para-hydroxylation sites is 2. The summed E-state index contributed by atoms with van der Waals surface area (Å²) in [4.78, 5) is 38.6. The smallest absolute Gasteiger partial charge is 0.258 e. The molecule has 0 atom stereocenters. The van der Waals surface area contributed by atoms with Crippen LogP contribution in [0, 0.1) is 0 Å². The standard InChI is InChI=1S/C25H21N3O4/c1-32-20-6-4-5-17(15-20)9-14-23(29)26-19-12-10-18(11-13-19)25(31)28-16-24(30)27-21-7-2-3-8-22(21)28/h2-15H,16H2,1H3,(H,26,29)(H,27,30)/b14-9+. The molecule has 2 N–H and O–H groups in total. The summed E-state index contributed by atoms with van der Waals surface area (Å²) in [5.74, 6) is -0.123. The van der Waals surface area contributed by atoms with Gasteiger partial charge in [-0.05, 0) is 60.2 Å². The molecule has 0 spiro atoms. The van der Waals surface area contributed by atoms with Crippen molar-refractivity contribution in [3.63, 3.8) is 0 Å². The predicted octanol–water partition coefficient (Wildman–Crippen LogP) is 3.95. The summed E-state index contributed by atoms with van der Waals surface area (Å²) < 4.78 is 5.17. The van der Waals surface area contributed by atoms with Crippen molar-refractivity contribution in [3.8, 4) is 5.75 Å². The Bertz CT molecular complexity index is 1200. The van der Waals surface area contributed by atoms with Gasteiger partial charge in [-0.15, -0.1) is 0 Å². The van der Waals surface area contributed by atoms with E-state index in [0.29, 0.717) is 28.4 Å². The highest BCUT2D eigenvalue weighted by molar-refractivity contribution is 6.15. The quantitative estimate of drug-likeness (QED) is 0.604. The van der Waals surface area contributed by atoms with Gasteiger partial charge in [0.2, 0.25) is 11.8 Å². The summed E-state index contributed by atoms with van der Waals surface area (Å²) in [5.41, 5.74) is 3.06. The number of ether oxygens (including phenoxy) is 1. The van der Waals surface area contributed by atoms with Crippen LogP contribution >= 0.6 is 0 Å². The van der Waals surface area contributed by atoms with E-state index in [2.05, 4.69) is 10.6 Å². The maximum atomic E-state index is 13.0. The number of nitrogens with one attached hydrogen (secondary N) is 2. The van der Waals surface area contributed by atoms with Gasteiger partial charge in [-0.25, -0.2) is 0 Å². The van der Waals surface area contributed by atoms with Gasteiger partial charge in [0, 0.05) is 17.3 Å². The molecule has 0 saturated heterocycles. The lowest BCUT2D eigenvalue weighted by Crippen LogP contribution is -2.42. The zero-order valence-corrected chi connectivity index (χ0v) is 17.4. The molecule has 3 amide bonds. The van der Waals surface area contributed by atoms with Crippen molar-refractivity contribution in [3.05, 3.63) is 90.0 Å². The minimum atomic E-state index is -0.298. The molecule has 160 valence electrons. The Hall–Kier alpha value is -4.39. The Morgan fingerprint density at radius 3 is 2.59 bits per heavy atom. The van der Waals surface area contributed by atoms with Crippen LogP contribution in [0.2, 0.25) is 0 Å². The van der Waals surface area contributed by atoms with Crippen molar-refractivity contribution in [1.29, 1.82) is 0 Å². The second-order valence-electron chi connectivity index (χ2n) is 7.13. The lowest BCUT2D eigenvalue weighted by atomic mass is 10.1. The third-order valence-electron chi connectivity index (χ3n) is 4.94. The molecule has 3 aromatic carbocycles. The first-order valence-electron chi connectivity index (χ1n) is 9.97. The van der Waals surface area contributed by atoms with Gasteiger partial charge in [0.15, 0.2) is 0 Å². The number of hydrogen-bond donors (Lipinski definition) is 2. The Balaban J connectivity index is 1.43. The molecule has 0 saturated carbocycles. The first-order chi connectivity index (χ1) is 15.5. The summed E-state index contributed by atoms with van der Waals surface area (Å²) in [5, 5.41) is 5.53. The number of amides is 3. The number of hydrogen-bond acceptors (Lipinski definition) is 4. The van der Waals surface area contributed by atoms with Gasteiger partial charge in [0.05, 0.1) is 18.5 Å². The molecule has 0 aliphatic carbocycles. The van der Waals surface area contributed by atoms with Crippen molar-refractivity contribution in [2.45, 2.75) is 0 Å². The first-order valence-corrected chi connectivity index (χ1v) is 9.97. The Kier molecular flexibility index (Phi) is 5.98. The number of anilines is 3. The van der Waals surface area contributed by atoms with Crippen LogP contribution in [0.5, 0.6) is 5.75 Å². The van der Waals surface area contributed by atoms with Crippen LogP contribution in [-0.4, -0.2) is 31.4 Å². The second-order valence-corrected chi connectivity index (χ2v) is 7.13. The van der Waals surface area contributed by atoms with E-state index < -0.39 is 0 Å². The van der Waals surface area contributed by atoms with Gasteiger partial charge in [-0.1, -0.05) is 24.3 Å². The van der Waals surface area contributed by atoms with Crippen LogP contribution in [0.3, 0.4) is 0 Å². The van der Waals surface area contributed by atoms with Gasteiger partial charge in [-0.2, -0.15) is 0 Å². The predicted molar refractivity (Wildman–Crippen MR) is 124 cm³/mol. The van der Waals surface area contributed by atoms with E-state index in [-0.39, 0.29) is 24.3 Å². The van der Waals surface area contributed by atoms with Gasteiger partial charge in [-0.3, -0.25) is 19.3 Å². The maximum absolute atomic E-state index is 13.0. The van der Waals surface area contributed by atoms with E-state index in [9.17, 15) is 14.4 Å². The van der Waals surface area contributed by atoms with Crippen molar-refractivity contribution < 1.29 is 19.1 Å². The Morgan fingerprint density at radius 2 is 1.81 bits per heavy atom. The molecule has 4 rings (SSSR count). The third-order valence-corrected chi connectivity index (χ3v) is 4.94. The van der Waals surface area contributed by atoms with E-state index in [4.69, 9.17) is 4.74 Å². The number of fused-ring (bicyclic) bond motifs is 1. The fraction of sp³-hybridized carbons (Fsp3) is 0.0800. The Morgan fingerprint density at radius 1 is 1.03 bits per heavy atom. The van der Waals surface area contributed by atoms with Crippen LogP contribution < -0.4 is 20.3 Å². The summed E-state index contributed by atoms with van der Waals surface area (Å²) >= 11 is 0. The molecular weight excluding hydrogens is 406 g/mol. The number of nitrogens with zero attached hydrogens (tertiary/aromatic N) is 1. The van der Waals surface area contributed by atoms with Gasteiger partial charge in [0.1, 0.15) is 12.3 Å². The van der Waals surface area contributed by atoms with E-state index in [1.54, 1.807) is 55.7 Å². The minimum Gasteiger partial charge on any atom is -0.497 e. The molecule has 0 fully saturated rings. The zero-order valence-electron chi connectivity index (χ0n) is 17.4. The van der Waals surface area contributed by atoms with E-state index in [0.717, 1.165) is 5.56 Å².